The molecule has 2 N–H and O–H groups in total. The third-order valence-corrected chi connectivity index (χ3v) is 7.56. The van der Waals surface area contributed by atoms with Crippen LogP contribution in [0, 0.1) is 15.3 Å². The Balaban J connectivity index is 1.32. The van der Waals surface area contributed by atoms with Gasteiger partial charge in [-0.3, -0.25) is 9.59 Å². The Bertz CT molecular complexity index is 2100. The number of carbonyl (C=O) groups excluding carboxylic acids is 1. The van der Waals surface area contributed by atoms with Crippen molar-refractivity contribution in [2.24, 2.45) is 5.73 Å². The summed E-state index contributed by atoms with van der Waals surface area (Å²) in [6, 6.07) is 18.2. The van der Waals surface area contributed by atoms with Crippen LogP contribution in [-0.2, 0) is 6.54 Å². The Morgan fingerprint density at radius 1 is 1.00 bits per heavy atom. The van der Waals surface area contributed by atoms with Gasteiger partial charge in [0.1, 0.15) is 26.6 Å². The minimum atomic E-state index is -1.02. The van der Waals surface area contributed by atoms with E-state index in [0.717, 1.165) is 34.2 Å². The monoisotopic (exact) mass is 706 g/mol. The molecule has 6 aromatic rings. The number of ether oxygens (including phenoxy) is 2. The molecule has 6 rings (SSSR count). The number of benzene rings is 3. The van der Waals surface area contributed by atoms with Crippen molar-refractivity contribution in [3.05, 3.63) is 122 Å². The van der Waals surface area contributed by atoms with Crippen LogP contribution >= 0.6 is 22.6 Å². The third kappa shape index (κ3) is 5.48. The molecule has 0 spiro atoms. The van der Waals surface area contributed by atoms with Crippen LogP contribution in [0.3, 0.4) is 0 Å². The molecule has 13 heteroatoms. The van der Waals surface area contributed by atoms with E-state index in [1.165, 1.54) is 30.5 Å². The lowest BCUT2D eigenvalue weighted by Crippen LogP contribution is -2.31. The van der Waals surface area contributed by atoms with Gasteiger partial charge in [-0.1, -0.05) is 18.2 Å². The first-order valence-electron chi connectivity index (χ1n) is 13.0. The summed E-state index contributed by atoms with van der Waals surface area (Å²) in [5, 5.41) is 9.31. The van der Waals surface area contributed by atoms with Crippen molar-refractivity contribution in [2.45, 2.75) is 6.54 Å². The molecule has 0 radical (unpaired) electrons. The molecule has 3 heterocycles. The quantitative estimate of drug-likeness (QED) is 0.208. The van der Waals surface area contributed by atoms with E-state index in [2.05, 4.69) is 37.8 Å². The van der Waals surface area contributed by atoms with Crippen LogP contribution in [0.25, 0.3) is 27.8 Å². The van der Waals surface area contributed by atoms with Crippen LogP contribution in [0.15, 0.2) is 90.0 Å². The highest BCUT2D eigenvalue weighted by atomic mass is 127. The SMILES string of the molecule is COc1ccc(Cn2nc(I)c3c(Oc4ccc(-c5cnn(-c6ccc(F)cc6)c(=O)c5C(N)=O)cc4F)ccnc32)cc1. The van der Waals surface area contributed by atoms with Crippen molar-refractivity contribution in [2.75, 3.05) is 7.11 Å². The van der Waals surface area contributed by atoms with E-state index in [9.17, 15) is 14.0 Å². The lowest BCUT2D eigenvalue weighted by molar-refractivity contribution is 0.0999. The van der Waals surface area contributed by atoms with Crippen molar-refractivity contribution in [3.63, 3.8) is 0 Å². The first-order chi connectivity index (χ1) is 21.2. The second-order valence-corrected chi connectivity index (χ2v) is 10.6. The van der Waals surface area contributed by atoms with E-state index in [1.54, 1.807) is 24.1 Å². The van der Waals surface area contributed by atoms with E-state index < -0.39 is 28.7 Å². The molecule has 3 aromatic heterocycles. The molecular weight excluding hydrogens is 685 g/mol. The Morgan fingerprint density at radius 2 is 1.75 bits per heavy atom. The second kappa shape index (κ2) is 11.8. The lowest BCUT2D eigenvalue weighted by atomic mass is 10.0. The number of methoxy groups -OCH3 is 1. The number of pyridine rings is 1. The minimum absolute atomic E-state index is 0.0342. The number of fused-ring (bicyclic) bond motifs is 1. The lowest BCUT2D eigenvalue weighted by Gasteiger charge is -2.12. The van der Waals surface area contributed by atoms with Gasteiger partial charge >= 0.3 is 0 Å². The molecule has 0 aliphatic carbocycles. The fraction of sp³-hybridized carbons (Fsp3) is 0.0645. The predicted molar refractivity (Wildman–Crippen MR) is 166 cm³/mol. The summed E-state index contributed by atoms with van der Waals surface area (Å²) in [5.74, 6) is -1.31. The van der Waals surface area contributed by atoms with Crippen molar-refractivity contribution >= 4 is 39.5 Å². The van der Waals surface area contributed by atoms with Crippen molar-refractivity contribution in [1.82, 2.24) is 24.5 Å². The summed E-state index contributed by atoms with van der Waals surface area (Å²) in [7, 11) is 1.60. The Hall–Kier alpha value is -5.18. The van der Waals surface area contributed by atoms with Gasteiger partial charge in [0.15, 0.2) is 17.2 Å². The summed E-state index contributed by atoms with van der Waals surface area (Å²) in [5.41, 5.74) is 6.30. The predicted octanol–water partition coefficient (Wildman–Crippen LogP) is 5.48. The average molecular weight is 706 g/mol. The average Bonchev–Trinajstić information content (AvgIpc) is 3.34. The number of nitrogens with two attached hydrogens (primary N) is 1. The highest BCUT2D eigenvalue weighted by molar-refractivity contribution is 14.1. The molecule has 220 valence electrons. The molecule has 0 aliphatic rings. The third-order valence-electron chi connectivity index (χ3n) is 6.80. The topological polar surface area (TPSA) is 127 Å². The molecule has 1 amide bonds. The van der Waals surface area contributed by atoms with Crippen LogP contribution in [0.4, 0.5) is 8.78 Å². The van der Waals surface area contributed by atoms with E-state index in [-0.39, 0.29) is 22.6 Å². The zero-order valence-electron chi connectivity index (χ0n) is 22.9. The Morgan fingerprint density at radius 3 is 2.43 bits per heavy atom. The van der Waals surface area contributed by atoms with Gasteiger partial charge in [-0.25, -0.2) is 18.4 Å². The zero-order chi connectivity index (χ0) is 31.0. The molecule has 0 unspecified atom stereocenters. The zero-order valence-corrected chi connectivity index (χ0v) is 25.0. The number of hydrogen-bond donors (Lipinski definition) is 1. The standard InChI is InChI=1S/C31H21F2IN6O4/c1-43-21-9-2-17(3-10-21)16-39-30-27(28(34)38-39)25(12-13-36-30)44-24-11-4-18(14-23(24)33)22-15-37-40(31(42)26(22)29(35)41)20-7-5-19(32)6-8-20/h2-15H,16H2,1H3,(H2,35,41). The number of aromatic nitrogens is 5. The number of hydrogen-bond acceptors (Lipinski definition) is 7. The van der Waals surface area contributed by atoms with Gasteiger partial charge in [0.25, 0.3) is 11.5 Å². The highest BCUT2D eigenvalue weighted by Crippen LogP contribution is 2.35. The fourth-order valence-electron chi connectivity index (χ4n) is 4.67. The molecule has 0 atom stereocenters. The molecule has 0 aliphatic heterocycles. The molecule has 44 heavy (non-hydrogen) atoms. The van der Waals surface area contributed by atoms with Crippen LogP contribution in [0.5, 0.6) is 17.2 Å². The van der Waals surface area contributed by atoms with Crippen molar-refractivity contribution < 1.29 is 23.0 Å². The number of nitrogens with zero attached hydrogens (tertiary/aromatic N) is 5. The number of halogens is 3. The van der Waals surface area contributed by atoms with Gasteiger partial charge in [0, 0.05) is 17.8 Å². The van der Waals surface area contributed by atoms with Gasteiger partial charge in [-0.15, -0.1) is 0 Å². The molecule has 0 bridgehead atoms. The molecule has 3 aromatic carbocycles. The summed E-state index contributed by atoms with van der Waals surface area (Å²) in [6.45, 7) is 0.444. The summed E-state index contributed by atoms with van der Waals surface area (Å²) < 4.78 is 43.3. The first kappa shape index (κ1) is 28.9. The van der Waals surface area contributed by atoms with Gasteiger partial charge in [0.05, 0.1) is 30.9 Å². The fourth-order valence-corrected chi connectivity index (χ4v) is 5.44. The maximum Gasteiger partial charge on any atom is 0.284 e. The summed E-state index contributed by atoms with van der Waals surface area (Å²) in [4.78, 5) is 30.0. The van der Waals surface area contributed by atoms with Gasteiger partial charge in [0.2, 0.25) is 0 Å². The highest BCUT2D eigenvalue weighted by Gasteiger charge is 2.21. The van der Waals surface area contributed by atoms with Crippen molar-refractivity contribution in [1.29, 1.82) is 0 Å². The van der Waals surface area contributed by atoms with E-state index in [1.807, 2.05) is 24.3 Å². The van der Waals surface area contributed by atoms with Gasteiger partial charge in [-0.05, 0) is 82.2 Å². The van der Waals surface area contributed by atoms with Gasteiger partial charge in [-0.2, -0.15) is 14.9 Å². The number of rotatable bonds is 8. The van der Waals surface area contributed by atoms with Crippen LogP contribution in [0.1, 0.15) is 15.9 Å². The van der Waals surface area contributed by atoms with E-state index >= 15 is 4.39 Å². The second-order valence-electron chi connectivity index (χ2n) is 9.54. The molecule has 0 saturated carbocycles. The van der Waals surface area contributed by atoms with Gasteiger partial charge < -0.3 is 15.2 Å². The Kier molecular flexibility index (Phi) is 7.78. The first-order valence-corrected chi connectivity index (χ1v) is 14.1. The van der Waals surface area contributed by atoms with E-state index in [0.29, 0.717) is 27.0 Å². The normalized spacial score (nSPS) is 11.1. The molecular formula is C31H21F2IN6O4. The number of amides is 1. The number of primary amides is 1. The van der Waals surface area contributed by atoms with Crippen LogP contribution in [-0.4, -0.2) is 37.6 Å². The number of carbonyl (C=O) groups is 1. The largest absolute Gasteiger partial charge is 0.497 e. The maximum atomic E-state index is 15.5. The van der Waals surface area contributed by atoms with E-state index in [4.69, 9.17) is 15.2 Å². The summed E-state index contributed by atoms with van der Waals surface area (Å²) >= 11 is 2.08. The van der Waals surface area contributed by atoms with Crippen LogP contribution < -0.4 is 20.8 Å². The maximum absolute atomic E-state index is 15.5. The van der Waals surface area contributed by atoms with Crippen LogP contribution in [0.2, 0.25) is 0 Å². The molecule has 0 fully saturated rings. The Labute approximate surface area is 261 Å². The van der Waals surface area contributed by atoms with Crippen molar-refractivity contribution in [3.8, 4) is 34.1 Å². The molecule has 10 nitrogen and oxygen atoms in total. The minimum Gasteiger partial charge on any atom is -0.497 e. The summed E-state index contributed by atoms with van der Waals surface area (Å²) in [6.07, 6.45) is 2.78. The smallest absolute Gasteiger partial charge is 0.284 e. The molecule has 0 saturated heterocycles.